The number of nitrogens with zero attached hydrogens (tertiary/aromatic N) is 3. The number of hydrogen-bond acceptors (Lipinski definition) is 6. The number of hydrogen-bond donors (Lipinski definition) is 2. The van der Waals surface area contributed by atoms with Gasteiger partial charge in [0.15, 0.2) is 0 Å². The predicted octanol–water partition coefficient (Wildman–Crippen LogP) is 2.95. The molecule has 3 heterocycles. The number of alkyl halides is 3. The van der Waals surface area contributed by atoms with Crippen LogP contribution in [0.2, 0.25) is 0 Å². The number of carbonyl (C=O) groups is 2. The summed E-state index contributed by atoms with van der Waals surface area (Å²) in [5.74, 6) is -0.441. The standard InChI is InChI=1S/C22H25F3N4O4/c1-13-10-17(28-11-18(13)33-9-5-22(23,24)25)14(2)29-12-16-15(21(29)32)4-7-26-19(16)20(31)27-6-3-8-30/h4,7,10-11,14,30H,3,5-6,8-9,12H2,1-2H3,(H,27,31). The second kappa shape index (κ2) is 10.2. The van der Waals surface area contributed by atoms with E-state index in [1.807, 2.05) is 0 Å². The highest BCUT2D eigenvalue weighted by Crippen LogP contribution is 2.33. The Kier molecular flexibility index (Phi) is 7.52. The van der Waals surface area contributed by atoms with Crippen LogP contribution in [-0.4, -0.2) is 57.7 Å². The topological polar surface area (TPSA) is 105 Å². The SMILES string of the molecule is Cc1cc(C(C)N2Cc3c(ccnc3C(=O)NCCCO)C2=O)ncc1OCCC(F)(F)F. The predicted molar refractivity (Wildman–Crippen MR) is 112 cm³/mol. The smallest absolute Gasteiger partial charge is 0.392 e. The molecule has 1 aliphatic rings. The van der Waals surface area contributed by atoms with Crippen molar-refractivity contribution >= 4 is 11.8 Å². The molecule has 11 heteroatoms. The summed E-state index contributed by atoms with van der Waals surface area (Å²) < 4.78 is 42.2. The maximum atomic E-state index is 13.0. The first-order valence-corrected chi connectivity index (χ1v) is 10.5. The summed E-state index contributed by atoms with van der Waals surface area (Å²) in [6, 6.07) is 2.77. The van der Waals surface area contributed by atoms with Crippen molar-refractivity contribution in [3.63, 3.8) is 0 Å². The van der Waals surface area contributed by atoms with E-state index in [1.165, 1.54) is 12.4 Å². The Morgan fingerprint density at radius 1 is 1.36 bits per heavy atom. The quantitative estimate of drug-likeness (QED) is 0.551. The summed E-state index contributed by atoms with van der Waals surface area (Å²) in [6.07, 6.45) is -2.20. The first-order chi connectivity index (χ1) is 15.6. The van der Waals surface area contributed by atoms with Crippen LogP contribution in [0, 0.1) is 6.92 Å². The van der Waals surface area contributed by atoms with Crippen molar-refractivity contribution in [1.29, 1.82) is 0 Å². The molecule has 0 saturated carbocycles. The Balaban J connectivity index is 1.73. The number of fused-ring (bicyclic) bond motifs is 1. The van der Waals surface area contributed by atoms with Crippen molar-refractivity contribution in [1.82, 2.24) is 20.2 Å². The zero-order valence-electron chi connectivity index (χ0n) is 18.3. The number of carbonyl (C=O) groups excluding carboxylic acids is 2. The molecule has 8 nitrogen and oxygen atoms in total. The number of ether oxygens (including phenoxy) is 1. The van der Waals surface area contributed by atoms with Gasteiger partial charge in [-0.2, -0.15) is 13.2 Å². The van der Waals surface area contributed by atoms with E-state index in [2.05, 4.69) is 15.3 Å². The van der Waals surface area contributed by atoms with Gasteiger partial charge in [-0.15, -0.1) is 0 Å². The van der Waals surface area contributed by atoms with Gasteiger partial charge in [-0.05, 0) is 38.0 Å². The van der Waals surface area contributed by atoms with Crippen LogP contribution in [0.15, 0.2) is 24.5 Å². The molecule has 2 aromatic rings. The Hall–Kier alpha value is -3.21. The van der Waals surface area contributed by atoms with Crippen LogP contribution in [0.5, 0.6) is 5.75 Å². The third-order valence-electron chi connectivity index (χ3n) is 5.33. The van der Waals surface area contributed by atoms with Crippen LogP contribution >= 0.6 is 0 Å². The fourth-order valence-corrected chi connectivity index (χ4v) is 3.50. The van der Waals surface area contributed by atoms with Crippen molar-refractivity contribution in [2.45, 2.75) is 45.5 Å². The molecule has 0 aliphatic carbocycles. The van der Waals surface area contributed by atoms with Gasteiger partial charge in [0.05, 0.1) is 31.0 Å². The second-order valence-corrected chi connectivity index (χ2v) is 7.72. The Labute approximate surface area is 188 Å². The molecule has 0 saturated heterocycles. The fourth-order valence-electron chi connectivity index (χ4n) is 3.50. The van der Waals surface area contributed by atoms with Gasteiger partial charge in [0.2, 0.25) is 0 Å². The van der Waals surface area contributed by atoms with Crippen LogP contribution in [0.3, 0.4) is 0 Å². The molecular weight excluding hydrogens is 441 g/mol. The summed E-state index contributed by atoms with van der Waals surface area (Å²) in [5.41, 5.74) is 2.20. The molecule has 0 fully saturated rings. The molecule has 0 bridgehead atoms. The lowest BCUT2D eigenvalue weighted by Gasteiger charge is -2.24. The minimum atomic E-state index is -4.30. The molecule has 33 heavy (non-hydrogen) atoms. The van der Waals surface area contributed by atoms with E-state index in [4.69, 9.17) is 9.84 Å². The van der Waals surface area contributed by atoms with E-state index in [0.29, 0.717) is 28.8 Å². The molecule has 0 spiro atoms. The van der Waals surface area contributed by atoms with E-state index in [1.54, 1.807) is 30.9 Å². The molecule has 0 aromatic carbocycles. The summed E-state index contributed by atoms with van der Waals surface area (Å²) in [5, 5.41) is 11.5. The number of aliphatic hydroxyl groups excluding tert-OH is 1. The average molecular weight is 466 g/mol. The van der Waals surface area contributed by atoms with Gasteiger partial charge < -0.3 is 20.1 Å². The molecule has 2 amide bonds. The zero-order valence-corrected chi connectivity index (χ0v) is 18.3. The summed E-state index contributed by atoms with van der Waals surface area (Å²) in [6.45, 7) is 3.37. The van der Waals surface area contributed by atoms with E-state index in [9.17, 15) is 22.8 Å². The highest BCUT2D eigenvalue weighted by Gasteiger charge is 2.35. The highest BCUT2D eigenvalue weighted by molar-refractivity contribution is 6.03. The Morgan fingerprint density at radius 3 is 2.79 bits per heavy atom. The first-order valence-electron chi connectivity index (χ1n) is 10.5. The lowest BCUT2D eigenvalue weighted by Crippen LogP contribution is -2.28. The molecule has 1 unspecified atom stereocenters. The second-order valence-electron chi connectivity index (χ2n) is 7.72. The van der Waals surface area contributed by atoms with Gasteiger partial charge in [0, 0.05) is 37.0 Å². The molecule has 1 aliphatic heterocycles. The minimum absolute atomic E-state index is 0.0526. The zero-order chi connectivity index (χ0) is 24.2. The summed E-state index contributed by atoms with van der Waals surface area (Å²) in [7, 11) is 0. The van der Waals surface area contributed by atoms with Gasteiger partial charge in [-0.1, -0.05) is 0 Å². The molecule has 178 valence electrons. The number of rotatable bonds is 9. The molecule has 2 aromatic heterocycles. The van der Waals surface area contributed by atoms with Gasteiger partial charge >= 0.3 is 6.18 Å². The lowest BCUT2D eigenvalue weighted by molar-refractivity contribution is -0.139. The van der Waals surface area contributed by atoms with Crippen molar-refractivity contribution in [3.05, 3.63) is 52.6 Å². The molecule has 0 radical (unpaired) electrons. The van der Waals surface area contributed by atoms with E-state index in [0.717, 1.165) is 0 Å². The van der Waals surface area contributed by atoms with E-state index < -0.39 is 31.2 Å². The first kappa shape index (κ1) is 24.4. The fraction of sp³-hybridized carbons (Fsp3) is 0.455. The number of nitrogens with one attached hydrogen (secondary N) is 1. The number of aromatic nitrogens is 2. The molecular formula is C22H25F3N4O4. The molecule has 3 rings (SSSR count). The molecule has 1 atom stereocenters. The molecule has 2 N–H and O–H groups in total. The van der Waals surface area contributed by atoms with Crippen LogP contribution in [0.25, 0.3) is 0 Å². The van der Waals surface area contributed by atoms with E-state index >= 15 is 0 Å². The maximum Gasteiger partial charge on any atom is 0.392 e. The van der Waals surface area contributed by atoms with Crippen LogP contribution in [0.4, 0.5) is 13.2 Å². The van der Waals surface area contributed by atoms with Crippen molar-refractivity contribution in [2.75, 3.05) is 19.8 Å². The number of aliphatic hydroxyl groups is 1. The van der Waals surface area contributed by atoms with Gasteiger partial charge in [0.25, 0.3) is 11.8 Å². The van der Waals surface area contributed by atoms with E-state index in [-0.39, 0.29) is 37.0 Å². The van der Waals surface area contributed by atoms with Crippen LogP contribution < -0.4 is 10.1 Å². The number of amides is 2. The van der Waals surface area contributed by atoms with Crippen molar-refractivity contribution in [3.8, 4) is 5.75 Å². The Morgan fingerprint density at radius 2 is 2.12 bits per heavy atom. The van der Waals surface area contributed by atoms with Crippen molar-refractivity contribution in [2.24, 2.45) is 0 Å². The normalized spacial score (nSPS) is 14.2. The number of aryl methyl sites for hydroxylation is 1. The van der Waals surface area contributed by atoms with Crippen LogP contribution in [-0.2, 0) is 6.54 Å². The highest BCUT2D eigenvalue weighted by atomic mass is 19.4. The lowest BCUT2D eigenvalue weighted by atomic mass is 10.1. The average Bonchev–Trinajstić information content (AvgIpc) is 3.10. The third kappa shape index (κ3) is 5.78. The van der Waals surface area contributed by atoms with Gasteiger partial charge in [0.1, 0.15) is 11.4 Å². The number of halogens is 3. The van der Waals surface area contributed by atoms with Gasteiger partial charge in [-0.25, -0.2) is 0 Å². The van der Waals surface area contributed by atoms with Gasteiger partial charge in [-0.3, -0.25) is 19.6 Å². The number of pyridine rings is 2. The maximum absolute atomic E-state index is 13.0. The van der Waals surface area contributed by atoms with Crippen LogP contribution in [0.1, 0.15) is 63.5 Å². The van der Waals surface area contributed by atoms with Crippen molar-refractivity contribution < 1.29 is 32.6 Å². The summed E-state index contributed by atoms with van der Waals surface area (Å²) >= 11 is 0. The largest absolute Gasteiger partial charge is 0.491 e. The minimum Gasteiger partial charge on any atom is -0.491 e. The third-order valence-corrected chi connectivity index (χ3v) is 5.33. The monoisotopic (exact) mass is 466 g/mol. The Bertz CT molecular complexity index is 1030. The summed E-state index contributed by atoms with van der Waals surface area (Å²) in [4.78, 5) is 35.5.